The largest absolute Gasteiger partial charge is 0.369 e. The summed E-state index contributed by atoms with van der Waals surface area (Å²) in [4.78, 5) is 4.76. The third-order valence-electron chi connectivity index (χ3n) is 2.90. The third-order valence-corrected chi connectivity index (χ3v) is 3.11. The minimum Gasteiger partial charge on any atom is -0.369 e. The van der Waals surface area contributed by atoms with Gasteiger partial charge in [-0.25, -0.2) is 0 Å². The van der Waals surface area contributed by atoms with Gasteiger partial charge < -0.3 is 9.80 Å². The highest BCUT2D eigenvalue weighted by Crippen LogP contribution is 2.22. The molecule has 1 heterocycles. The van der Waals surface area contributed by atoms with Gasteiger partial charge in [0.05, 0.1) is 0 Å². The summed E-state index contributed by atoms with van der Waals surface area (Å²) < 4.78 is 0. The molecule has 1 fully saturated rings. The number of anilines is 1. The number of nitrogens with zero attached hydrogens (tertiary/aromatic N) is 2. The number of hydrogen-bond donors (Lipinski definition) is 0. The Kier molecular flexibility index (Phi) is 3.17. The van der Waals surface area contributed by atoms with Gasteiger partial charge >= 0.3 is 0 Å². The quantitative estimate of drug-likeness (QED) is 0.723. The minimum absolute atomic E-state index is 0.837. The molecule has 1 saturated heterocycles. The minimum atomic E-state index is 0.837. The molecule has 1 aromatic carbocycles. The number of aryl methyl sites for hydroxylation is 1. The lowest BCUT2D eigenvalue weighted by molar-refractivity contribution is 0.313. The summed E-state index contributed by atoms with van der Waals surface area (Å²) in [5.41, 5.74) is 2.49. The van der Waals surface area contributed by atoms with E-state index in [1.54, 1.807) is 0 Å². The van der Waals surface area contributed by atoms with E-state index in [4.69, 9.17) is 11.6 Å². The normalized spacial score (nSPS) is 18.2. The molecule has 82 valence electrons. The molecule has 3 heteroatoms. The molecule has 1 aliphatic heterocycles. The van der Waals surface area contributed by atoms with E-state index >= 15 is 0 Å². The molecule has 0 aromatic heterocycles. The summed E-state index contributed by atoms with van der Waals surface area (Å²) in [5, 5.41) is 0.837. The highest BCUT2D eigenvalue weighted by atomic mass is 35.5. The van der Waals surface area contributed by atoms with Gasteiger partial charge in [-0.2, -0.15) is 0 Å². The third kappa shape index (κ3) is 2.64. The molecule has 0 unspecified atom stereocenters. The summed E-state index contributed by atoms with van der Waals surface area (Å²) in [5.74, 6) is 0. The van der Waals surface area contributed by atoms with Gasteiger partial charge in [-0.05, 0) is 37.7 Å². The number of halogens is 1. The van der Waals surface area contributed by atoms with Gasteiger partial charge in [-0.3, -0.25) is 0 Å². The van der Waals surface area contributed by atoms with Crippen molar-refractivity contribution in [2.45, 2.75) is 6.92 Å². The van der Waals surface area contributed by atoms with Gasteiger partial charge in [0.1, 0.15) is 0 Å². The molecule has 0 N–H and O–H groups in total. The maximum absolute atomic E-state index is 6.06. The van der Waals surface area contributed by atoms with Crippen molar-refractivity contribution < 1.29 is 0 Å². The zero-order valence-electron chi connectivity index (χ0n) is 9.33. The first-order valence-corrected chi connectivity index (χ1v) is 5.73. The average Bonchev–Trinajstić information content (AvgIpc) is 2.17. The monoisotopic (exact) mass is 224 g/mol. The molecule has 1 aliphatic rings. The van der Waals surface area contributed by atoms with Crippen LogP contribution in [0.25, 0.3) is 0 Å². The van der Waals surface area contributed by atoms with Gasteiger partial charge in [0.2, 0.25) is 0 Å². The molecule has 15 heavy (non-hydrogen) atoms. The van der Waals surface area contributed by atoms with Crippen LogP contribution < -0.4 is 4.90 Å². The zero-order chi connectivity index (χ0) is 10.8. The predicted molar refractivity (Wildman–Crippen MR) is 65.9 cm³/mol. The van der Waals surface area contributed by atoms with Crippen LogP contribution in [-0.2, 0) is 0 Å². The molecule has 2 nitrogen and oxygen atoms in total. The van der Waals surface area contributed by atoms with Crippen LogP contribution in [0.3, 0.4) is 0 Å². The van der Waals surface area contributed by atoms with Crippen molar-refractivity contribution in [3.05, 3.63) is 28.8 Å². The molecule has 0 bridgehead atoms. The average molecular weight is 225 g/mol. The van der Waals surface area contributed by atoms with E-state index in [0.717, 1.165) is 31.2 Å². The molecule has 2 rings (SSSR count). The van der Waals surface area contributed by atoms with Gasteiger partial charge in [0.15, 0.2) is 0 Å². The summed E-state index contributed by atoms with van der Waals surface area (Å²) in [7, 11) is 2.17. The molecule has 0 spiro atoms. The second-order valence-corrected chi connectivity index (χ2v) is 4.71. The van der Waals surface area contributed by atoms with Gasteiger partial charge in [-0.1, -0.05) is 11.6 Å². The Morgan fingerprint density at radius 2 is 1.73 bits per heavy atom. The lowest BCUT2D eigenvalue weighted by Crippen LogP contribution is -2.44. The maximum Gasteiger partial charge on any atom is 0.0429 e. The molecule has 0 aliphatic carbocycles. The first-order valence-electron chi connectivity index (χ1n) is 5.36. The van der Waals surface area contributed by atoms with Crippen LogP contribution in [-0.4, -0.2) is 38.1 Å². The summed E-state index contributed by atoms with van der Waals surface area (Å²) in [6.07, 6.45) is 0. The van der Waals surface area contributed by atoms with Crippen LogP contribution in [0.5, 0.6) is 0 Å². The Bertz CT molecular complexity index is 323. The number of piperazine rings is 1. The van der Waals surface area contributed by atoms with Crippen LogP contribution >= 0.6 is 11.6 Å². The Hall–Kier alpha value is -0.730. The molecule has 0 radical (unpaired) electrons. The lowest BCUT2D eigenvalue weighted by atomic mass is 10.2. The number of benzene rings is 1. The van der Waals surface area contributed by atoms with Gasteiger partial charge in [0, 0.05) is 36.9 Å². The molecule has 0 atom stereocenters. The zero-order valence-corrected chi connectivity index (χ0v) is 10.1. The standard InChI is InChI=1S/C12H17ClN2/c1-10-7-11(13)9-12(8-10)15-5-3-14(2)4-6-15/h7-9H,3-6H2,1-2H3. The van der Waals surface area contributed by atoms with E-state index in [1.807, 2.05) is 6.07 Å². The molecule has 1 aromatic rings. The van der Waals surface area contributed by atoms with E-state index in [9.17, 15) is 0 Å². The number of hydrogen-bond acceptors (Lipinski definition) is 2. The van der Waals surface area contributed by atoms with Crippen LogP contribution in [0.15, 0.2) is 18.2 Å². The fraction of sp³-hybridized carbons (Fsp3) is 0.500. The van der Waals surface area contributed by atoms with Crippen molar-refractivity contribution in [3.63, 3.8) is 0 Å². The van der Waals surface area contributed by atoms with Crippen LogP contribution in [0, 0.1) is 6.92 Å². The van der Waals surface area contributed by atoms with E-state index in [2.05, 4.69) is 35.9 Å². The van der Waals surface area contributed by atoms with Crippen LogP contribution in [0.2, 0.25) is 5.02 Å². The summed E-state index contributed by atoms with van der Waals surface area (Å²) >= 11 is 6.06. The highest BCUT2D eigenvalue weighted by Gasteiger charge is 2.14. The second-order valence-electron chi connectivity index (χ2n) is 4.28. The first-order chi connectivity index (χ1) is 7.15. The molecule has 0 amide bonds. The van der Waals surface area contributed by atoms with Crippen molar-refractivity contribution in [1.29, 1.82) is 0 Å². The van der Waals surface area contributed by atoms with E-state index in [1.165, 1.54) is 11.3 Å². The summed E-state index contributed by atoms with van der Waals surface area (Å²) in [6.45, 7) is 6.54. The Labute approximate surface area is 96.4 Å². The molecule has 0 saturated carbocycles. The summed E-state index contributed by atoms with van der Waals surface area (Å²) in [6, 6.07) is 6.26. The van der Waals surface area contributed by atoms with Crippen molar-refractivity contribution >= 4 is 17.3 Å². The smallest absolute Gasteiger partial charge is 0.0429 e. The van der Waals surface area contributed by atoms with Gasteiger partial charge in [-0.15, -0.1) is 0 Å². The second kappa shape index (κ2) is 4.42. The lowest BCUT2D eigenvalue weighted by Gasteiger charge is -2.34. The van der Waals surface area contributed by atoms with Crippen LogP contribution in [0.1, 0.15) is 5.56 Å². The first kappa shape index (κ1) is 10.8. The predicted octanol–water partition coefficient (Wildman–Crippen LogP) is 2.40. The molecular formula is C12H17ClN2. The SMILES string of the molecule is Cc1cc(Cl)cc(N2CCN(C)CC2)c1. The van der Waals surface area contributed by atoms with Crippen molar-refractivity contribution in [3.8, 4) is 0 Å². The Balaban J connectivity index is 2.15. The highest BCUT2D eigenvalue weighted by molar-refractivity contribution is 6.30. The topological polar surface area (TPSA) is 6.48 Å². The van der Waals surface area contributed by atoms with E-state index in [-0.39, 0.29) is 0 Å². The Morgan fingerprint density at radius 1 is 1.07 bits per heavy atom. The van der Waals surface area contributed by atoms with Crippen LogP contribution in [0.4, 0.5) is 5.69 Å². The number of rotatable bonds is 1. The van der Waals surface area contributed by atoms with Crippen molar-refractivity contribution in [2.75, 3.05) is 38.1 Å². The van der Waals surface area contributed by atoms with Crippen molar-refractivity contribution in [2.24, 2.45) is 0 Å². The van der Waals surface area contributed by atoms with Crippen molar-refractivity contribution in [1.82, 2.24) is 4.90 Å². The Morgan fingerprint density at radius 3 is 2.33 bits per heavy atom. The maximum atomic E-state index is 6.06. The fourth-order valence-electron chi connectivity index (χ4n) is 1.96. The molecular weight excluding hydrogens is 208 g/mol. The number of likely N-dealkylation sites (N-methyl/N-ethyl adjacent to an activating group) is 1. The van der Waals surface area contributed by atoms with E-state index < -0.39 is 0 Å². The van der Waals surface area contributed by atoms with E-state index in [0.29, 0.717) is 0 Å². The van der Waals surface area contributed by atoms with Gasteiger partial charge in [0.25, 0.3) is 0 Å². The fourth-order valence-corrected chi connectivity index (χ4v) is 2.25.